The van der Waals surface area contributed by atoms with E-state index in [-0.39, 0.29) is 0 Å². The van der Waals surface area contributed by atoms with Crippen LogP contribution in [0.15, 0.2) is 72.8 Å². The Morgan fingerprint density at radius 1 is 0.923 bits per heavy atom. The number of rotatable bonds is 6. The number of fused-ring (bicyclic) bond motifs is 1. The van der Waals surface area contributed by atoms with Crippen LogP contribution in [0.3, 0.4) is 0 Å². The molecule has 0 saturated carbocycles. The third-order valence-corrected chi connectivity index (χ3v) is 5.13. The molecule has 0 saturated heterocycles. The molecule has 26 heavy (non-hydrogen) atoms. The van der Waals surface area contributed by atoms with Gasteiger partial charge in [0.05, 0.1) is 4.70 Å². The van der Waals surface area contributed by atoms with Crippen molar-refractivity contribution in [3.8, 4) is 5.75 Å². The second-order valence-corrected chi connectivity index (χ2v) is 7.18. The van der Waals surface area contributed by atoms with Crippen molar-refractivity contribution in [1.29, 1.82) is 0 Å². The lowest BCUT2D eigenvalue weighted by Gasteiger charge is -2.08. The third kappa shape index (κ3) is 3.98. The summed E-state index contributed by atoms with van der Waals surface area (Å²) in [5.41, 5.74) is 2.33. The normalized spacial score (nSPS) is 10.8. The van der Waals surface area contributed by atoms with E-state index < -0.39 is 0 Å². The standard InChI is InChI=1S/C21H17ClN2OS/c22-17-8-11-20-19(12-17)21(24-26-20)23-13-15-6-9-18(10-7-15)25-14-16-4-2-1-3-5-16/h1-12H,13-14H2,(H,23,24). The molecule has 0 fully saturated rings. The maximum atomic E-state index is 6.09. The molecule has 0 spiro atoms. The summed E-state index contributed by atoms with van der Waals surface area (Å²) in [4.78, 5) is 0. The zero-order valence-corrected chi connectivity index (χ0v) is 15.6. The molecule has 0 radical (unpaired) electrons. The summed E-state index contributed by atoms with van der Waals surface area (Å²) in [6.07, 6.45) is 0. The Labute approximate surface area is 161 Å². The van der Waals surface area contributed by atoms with E-state index in [1.54, 1.807) is 0 Å². The first-order chi connectivity index (χ1) is 12.8. The summed E-state index contributed by atoms with van der Waals surface area (Å²) in [5.74, 6) is 1.74. The summed E-state index contributed by atoms with van der Waals surface area (Å²) in [7, 11) is 0. The van der Waals surface area contributed by atoms with Crippen molar-refractivity contribution in [3.63, 3.8) is 0 Å². The predicted molar refractivity (Wildman–Crippen MR) is 109 cm³/mol. The number of anilines is 1. The van der Waals surface area contributed by atoms with Crippen LogP contribution in [0.2, 0.25) is 5.02 Å². The van der Waals surface area contributed by atoms with Crippen molar-refractivity contribution >= 4 is 39.0 Å². The Bertz CT molecular complexity index is 1000. The largest absolute Gasteiger partial charge is 0.489 e. The average Bonchev–Trinajstić information content (AvgIpc) is 3.08. The maximum absolute atomic E-state index is 6.09. The van der Waals surface area contributed by atoms with E-state index in [0.717, 1.165) is 32.2 Å². The Balaban J connectivity index is 1.37. The molecule has 3 aromatic carbocycles. The van der Waals surface area contributed by atoms with Crippen molar-refractivity contribution in [3.05, 3.63) is 88.9 Å². The van der Waals surface area contributed by atoms with Crippen molar-refractivity contribution in [1.82, 2.24) is 4.37 Å². The van der Waals surface area contributed by atoms with Gasteiger partial charge < -0.3 is 10.1 Å². The van der Waals surface area contributed by atoms with Crippen LogP contribution in [0.5, 0.6) is 5.75 Å². The van der Waals surface area contributed by atoms with Crippen molar-refractivity contribution in [2.45, 2.75) is 13.2 Å². The summed E-state index contributed by atoms with van der Waals surface area (Å²) < 4.78 is 11.4. The minimum atomic E-state index is 0.573. The lowest BCUT2D eigenvalue weighted by molar-refractivity contribution is 0.306. The van der Waals surface area contributed by atoms with E-state index in [2.05, 4.69) is 34.0 Å². The van der Waals surface area contributed by atoms with Crippen LogP contribution in [-0.4, -0.2) is 4.37 Å². The second-order valence-electron chi connectivity index (χ2n) is 5.94. The first kappa shape index (κ1) is 16.9. The van der Waals surface area contributed by atoms with Crippen LogP contribution in [-0.2, 0) is 13.2 Å². The number of halogens is 1. The molecule has 4 aromatic rings. The summed E-state index contributed by atoms with van der Waals surface area (Å²) >= 11 is 7.56. The molecule has 0 amide bonds. The second kappa shape index (κ2) is 7.77. The van der Waals surface area contributed by atoms with E-state index >= 15 is 0 Å². The highest BCUT2D eigenvalue weighted by Crippen LogP contribution is 2.29. The van der Waals surface area contributed by atoms with Gasteiger partial charge in [-0.1, -0.05) is 54.1 Å². The van der Waals surface area contributed by atoms with Crippen molar-refractivity contribution in [2.75, 3.05) is 5.32 Å². The van der Waals surface area contributed by atoms with Gasteiger partial charge in [-0.25, -0.2) is 0 Å². The lowest BCUT2D eigenvalue weighted by Crippen LogP contribution is -2.00. The minimum absolute atomic E-state index is 0.573. The molecule has 5 heteroatoms. The van der Waals surface area contributed by atoms with Crippen LogP contribution in [0.1, 0.15) is 11.1 Å². The number of nitrogens with zero attached hydrogens (tertiary/aromatic N) is 1. The molecule has 4 rings (SSSR count). The molecular formula is C21H17ClN2OS. The predicted octanol–water partition coefficient (Wildman–Crippen LogP) is 6.14. The number of hydrogen-bond acceptors (Lipinski definition) is 4. The highest BCUT2D eigenvalue weighted by atomic mass is 35.5. The highest BCUT2D eigenvalue weighted by Gasteiger charge is 2.06. The van der Waals surface area contributed by atoms with Gasteiger partial charge in [0.15, 0.2) is 0 Å². The lowest BCUT2D eigenvalue weighted by atomic mass is 10.2. The molecule has 130 valence electrons. The highest BCUT2D eigenvalue weighted by molar-refractivity contribution is 7.13. The third-order valence-electron chi connectivity index (χ3n) is 4.06. The molecule has 0 atom stereocenters. The molecule has 0 aliphatic heterocycles. The van der Waals surface area contributed by atoms with Gasteiger partial charge in [-0.05, 0) is 53.0 Å². The van der Waals surface area contributed by atoms with E-state index in [1.807, 2.05) is 48.5 Å². The van der Waals surface area contributed by atoms with Crippen molar-refractivity contribution in [2.24, 2.45) is 0 Å². The Morgan fingerprint density at radius 2 is 1.73 bits per heavy atom. The fourth-order valence-electron chi connectivity index (χ4n) is 2.67. The molecule has 1 N–H and O–H groups in total. The quantitative estimate of drug-likeness (QED) is 0.436. The zero-order valence-electron chi connectivity index (χ0n) is 14.0. The maximum Gasteiger partial charge on any atom is 0.147 e. The van der Waals surface area contributed by atoms with Gasteiger partial charge in [-0.15, -0.1) is 0 Å². The number of hydrogen-bond donors (Lipinski definition) is 1. The number of aromatic nitrogens is 1. The number of ether oxygens (including phenoxy) is 1. The monoisotopic (exact) mass is 380 g/mol. The van der Waals surface area contributed by atoms with Crippen LogP contribution < -0.4 is 10.1 Å². The van der Waals surface area contributed by atoms with Gasteiger partial charge in [0.25, 0.3) is 0 Å². The minimum Gasteiger partial charge on any atom is -0.489 e. The topological polar surface area (TPSA) is 34.2 Å². The van der Waals surface area contributed by atoms with Gasteiger partial charge in [0, 0.05) is 17.0 Å². The van der Waals surface area contributed by atoms with Crippen molar-refractivity contribution < 1.29 is 4.74 Å². The molecule has 0 unspecified atom stereocenters. The smallest absolute Gasteiger partial charge is 0.147 e. The van der Waals surface area contributed by atoms with E-state index in [1.165, 1.54) is 17.1 Å². The van der Waals surface area contributed by atoms with Crippen LogP contribution >= 0.6 is 23.1 Å². The van der Waals surface area contributed by atoms with E-state index in [0.29, 0.717) is 13.2 Å². The first-order valence-corrected chi connectivity index (χ1v) is 9.47. The van der Waals surface area contributed by atoms with Crippen LogP contribution in [0, 0.1) is 0 Å². The molecular weight excluding hydrogens is 364 g/mol. The summed E-state index contributed by atoms with van der Waals surface area (Å²) in [6.45, 7) is 1.27. The number of benzene rings is 3. The Hall–Kier alpha value is -2.56. The van der Waals surface area contributed by atoms with Gasteiger partial charge in [-0.3, -0.25) is 0 Å². The Kier molecular flexibility index (Phi) is 5.04. The van der Waals surface area contributed by atoms with Crippen LogP contribution in [0.4, 0.5) is 5.82 Å². The fraction of sp³-hybridized carbons (Fsp3) is 0.0952. The summed E-state index contributed by atoms with van der Waals surface area (Å²) in [5, 5.41) is 5.17. The molecule has 0 aliphatic carbocycles. The van der Waals surface area contributed by atoms with Crippen LogP contribution in [0.25, 0.3) is 10.1 Å². The molecule has 1 aromatic heterocycles. The summed E-state index contributed by atoms with van der Waals surface area (Å²) in [6, 6.07) is 24.1. The fourth-order valence-corrected chi connectivity index (χ4v) is 3.58. The van der Waals surface area contributed by atoms with E-state index in [4.69, 9.17) is 16.3 Å². The van der Waals surface area contributed by atoms with Gasteiger partial charge in [-0.2, -0.15) is 4.37 Å². The van der Waals surface area contributed by atoms with Gasteiger partial charge in [0.2, 0.25) is 0 Å². The molecule has 0 aliphatic rings. The Morgan fingerprint density at radius 3 is 2.54 bits per heavy atom. The number of nitrogens with one attached hydrogen (secondary N) is 1. The SMILES string of the molecule is Clc1ccc2snc(NCc3ccc(OCc4ccccc4)cc3)c2c1. The first-order valence-electron chi connectivity index (χ1n) is 8.32. The van der Waals surface area contributed by atoms with Gasteiger partial charge in [0.1, 0.15) is 18.2 Å². The molecule has 1 heterocycles. The zero-order chi connectivity index (χ0) is 17.8. The average molecular weight is 381 g/mol. The molecule has 3 nitrogen and oxygen atoms in total. The molecule has 0 bridgehead atoms. The van der Waals surface area contributed by atoms with E-state index in [9.17, 15) is 0 Å². The van der Waals surface area contributed by atoms with Gasteiger partial charge >= 0.3 is 0 Å².